The van der Waals surface area contributed by atoms with Crippen LogP contribution in [-0.2, 0) is 6.54 Å². The van der Waals surface area contributed by atoms with Crippen LogP contribution in [0.5, 0.6) is 0 Å². The zero-order valence-electron chi connectivity index (χ0n) is 11.9. The van der Waals surface area contributed by atoms with Crippen LogP contribution < -0.4 is 5.32 Å². The van der Waals surface area contributed by atoms with Crippen LogP contribution in [0.15, 0.2) is 16.6 Å². The van der Waals surface area contributed by atoms with Crippen LogP contribution in [0.2, 0.25) is 0 Å². The number of benzene rings is 1. The van der Waals surface area contributed by atoms with Gasteiger partial charge < -0.3 is 5.32 Å². The molecule has 2 atom stereocenters. The average molecular weight is 347 g/mol. The summed E-state index contributed by atoms with van der Waals surface area (Å²) in [6.07, 6.45) is 2.01. The third-order valence-electron chi connectivity index (χ3n) is 4.07. The van der Waals surface area contributed by atoms with Crippen molar-refractivity contribution >= 4 is 15.9 Å². The maximum Gasteiger partial charge on any atom is 0.144 e. The molecule has 0 spiro atoms. The van der Waals surface area contributed by atoms with Crippen LogP contribution >= 0.6 is 15.9 Å². The Kier molecular flexibility index (Phi) is 5.52. The summed E-state index contributed by atoms with van der Waals surface area (Å²) in [5.41, 5.74) is 0.156. The molecule has 0 radical (unpaired) electrons. The molecule has 1 heterocycles. The van der Waals surface area contributed by atoms with E-state index in [1.54, 1.807) is 0 Å². The molecule has 1 aromatic carbocycles. The van der Waals surface area contributed by atoms with Crippen molar-refractivity contribution in [2.45, 2.75) is 45.3 Å². The van der Waals surface area contributed by atoms with Gasteiger partial charge in [-0.2, -0.15) is 0 Å². The van der Waals surface area contributed by atoms with Crippen LogP contribution in [0.1, 0.15) is 32.3 Å². The lowest BCUT2D eigenvalue weighted by Crippen LogP contribution is -2.39. The Bertz CT molecular complexity index is 467. The molecule has 0 aliphatic carbocycles. The predicted octanol–water partition coefficient (Wildman–Crippen LogP) is 3.69. The van der Waals surface area contributed by atoms with Gasteiger partial charge in [0, 0.05) is 30.7 Å². The minimum atomic E-state index is -0.484. The summed E-state index contributed by atoms with van der Waals surface area (Å²) >= 11 is 3.13. The fourth-order valence-corrected chi connectivity index (χ4v) is 2.99. The van der Waals surface area contributed by atoms with E-state index in [0.717, 1.165) is 25.9 Å². The first-order valence-corrected chi connectivity index (χ1v) is 7.92. The second-order valence-electron chi connectivity index (χ2n) is 5.45. The first kappa shape index (κ1) is 15.9. The van der Waals surface area contributed by atoms with Crippen molar-refractivity contribution in [2.75, 3.05) is 13.1 Å². The normalized spacial score (nSPS) is 24.6. The lowest BCUT2D eigenvalue weighted by atomic mass is 10.1. The molecule has 0 saturated carbocycles. The van der Waals surface area contributed by atoms with Gasteiger partial charge in [0.1, 0.15) is 11.6 Å². The Morgan fingerprint density at radius 3 is 2.85 bits per heavy atom. The van der Waals surface area contributed by atoms with Crippen molar-refractivity contribution in [3.63, 3.8) is 0 Å². The summed E-state index contributed by atoms with van der Waals surface area (Å²) in [5.74, 6) is -0.953. The average Bonchev–Trinajstić information content (AvgIpc) is 2.61. The van der Waals surface area contributed by atoms with Gasteiger partial charge in [-0.15, -0.1) is 0 Å². The predicted molar refractivity (Wildman–Crippen MR) is 80.6 cm³/mol. The van der Waals surface area contributed by atoms with Gasteiger partial charge in [0.05, 0.1) is 4.47 Å². The van der Waals surface area contributed by atoms with E-state index in [4.69, 9.17) is 0 Å². The van der Waals surface area contributed by atoms with Crippen LogP contribution in [0.3, 0.4) is 0 Å². The maximum absolute atomic E-state index is 14.1. The number of nitrogens with zero attached hydrogens (tertiary/aromatic N) is 1. The SMILES string of the molecule is CCC1CN(Cc2c(F)ccc(Br)c2F)C(C)CCN1. The van der Waals surface area contributed by atoms with Gasteiger partial charge in [0.25, 0.3) is 0 Å². The molecule has 1 aromatic rings. The van der Waals surface area contributed by atoms with Crippen LogP contribution in [0, 0.1) is 11.6 Å². The van der Waals surface area contributed by atoms with E-state index in [9.17, 15) is 8.78 Å². The first-order chi connectivity index (χ1) is 9.52. The molecule has 1 aliphatic heterocycles. The van der Waals surface area contributed by atoms with Gasteiger partial charge in [-0.05, 0) is 54.4 Å². The quantitative estimate of drug-likeness (QED) is 0.839. The lowest BCUT2D eigenvalue weighted by Gasteiger charge is -2.29. The van der Waals surface area contributed by atoms with E-state index in [1.165, 1.54) is 12.1 Å². The zero-order chi connectivity index (χ0) is 14.7. The van der Waals surface area contributed by atoms with Crippen molar-refractivity contribution in [1.29, 1.82) is 0 Å². The second kappa shape index (κ2) is 6.96. The van der Waals surface area contributed by atoms with Crippen molar-refractivity contribution in [1.82, 2.24) is 10.2 Å². The number of hydrogen-bond donors (Lipinski definition) is 1. The van der Waals surface area contributed by atoms with Crippen molar-refractivity contribution in [3.8, 4) is 0 Å². The summed E-state index contributed by atoms with van der Waals surface area (Å²) in [7, 11) is 0. The molecule has 2 unspecified atom stereocenters. The standard InChI is InChI=1S/C15H21BrF2N2/c1-3-11-8-20(10(2)6-7-19-11)9-12-14(17)5-4-13(16)15(12)18/h4-5,10-11,19H,3,6-9H2,1-2H3. The third kappa shape index (κ3) is 3.57. The molecule has 0 amide bonds. The molecule has 1 saturated heterocycles. The Hall–Kier alpha value is -0.520. The molecule has 1 aliphatic rings. The van der Waals surface area contributed by atoms with Crippen LogP contribution in [0.25, 0.3) is 0 Å². The summed E-state index contributed by atoms with van der Waals surface area (Å²) in [6, 6.07) is 3.44. The summed E-state index contributed by atoms with van der Waals surface area (Å²) < 4.78 is 28.3. The highest BCUT2D eigenvalue weighted by atomic mass is 79.9. The van der Waals surface area contributed by atoms with E-state index in [2.05, 4.69) is 40.0 Å². The number of nitrogens with one attached hydrogen (secondary N) is 1. The zero-order valence-corrected chi connectivity index (χ0v) is 13.5. The first-order valence-electron chi connectivity index (χ1n) is 7.12. The van der Waals surface area contributed by atoms with Crippen molar-refractivity contribution in [2.24, 2.45) is 0 Å². The van der Waals surface area contributed by atoms with E-state index >= 15 is 0 Å². The smallest absolute Gasteiger partial charge is 0.144 e. The Morgan fingerprint density at radius 2 is 2.15 bits per heavy atom. The lowest BCUT2D eigenvalue weighted by molar-refractivity contribution is 0.189. The summed E-state index contributed by atoms with van der Waals surface area (Å²) in [4.78, 5) is 2.17. The van der Waals surface area contributed by atoms with Gasteiger partial charge in [-0.25, -0.2) is 8.78 Å². The van der Waals surface area contributed by atoms with Gasteiger partial charge in [0.2, 0.25) is 0 Å². The molecule has 1 N–H and O–H groups in total. The molecule has 0 bridgehead atoms. The molecular formula is C15H21BrF2N2. The van der Waals surface area contributed by atoms with Gasteiger partial charge in [-0.1, -0.05) is 6.92 Å². The number of rotatable bonds is 3. The monoisotopic (exact) mass is 346 g/mol. The highest BCUT2D eigenvalue weighted by Gasteiger charge is 2.24. The van der Waals surface area contributed by atoms with E-state index in [0.29, 0.717) is 23.1 Å². The molecule has 112 valence electrons. The fraction of sp³-hybridized carbons (Fsp3) is 0.600. The van der Waals surface area contributed by atoms with Crippen molar-refractivity contribution < 1.29 is 8.78 Å². The second-order valence-corrected chi connectivity index (χ2v) is 6.30. The minimum absolute atomic E-state index is 0.156. The highest BCUT2D eigenvalue weighted by Crippen LogP contribution is 2.24. The van der Waals surface area contributed by atoms with Gasteiger partial charge in [0.15, 0.2) is 0 Å². The number of hydrogen-bond acceptors (Lipinski definition) is 2. The maximum atomic E-state index is 14.1. The van der Waals surface area contributed by atoms with Gasteiger partial charge in [-0.3, -0.25) is 4.90 Å². The van der Waals surface area contributed by atoms with Gasteiger partial charge >= 0.3 is 0 Å². The van der Waals surface area contributed by atoms with Crippen LogP contribution in [0.4, 0.5) is 8.78 Å². The highest BCUT2D eigenvalue weighted by molar-refractivity contribution is 9.10. The molecule has 1 fully saturated rings. The van der Waals surface area contributed by atoms with E-state index < -0.39 is 11.6 Å². The Labute approximate surface area is 127 Å². The van der Waals surface area contributed by atoms with Crippen molar-refractivity contribution in [3.05, 3.63) is 33.8 Å². The fourth-order valence-electron chi connectivity index (χ4n) is 2.62. The minimum Gasteiger partial charge on any atom is -0.313 e. The Balaban J connectivity index is 2.20. The molecule has 2 rings (SSSR count). The topological polar surface area (TPSA) is 15.3 Å². The summed E-state index contributed by atoms with van der Waals surface area (Å²) in [5, 5.41) is 3.48. The molecular weight excluding hydrogens is 326 g/mol. The molecule has 5 heteroatoms. The third-order valence-corrected chi connectivity index (χ3v) is 4.68. The van der Waals surface area contributed by atoms with Crippen LogP contribution in [-0.4, -0.2) is 30.1 Å². The van der Waals surface area contributed by atoms with E-state index in [-0.39, 0.29) is 5.56 Å². The molecule has 20 heavy (non-hydrogen) atoms. The largest absolute Gasteiger partial charge is 0.313 e. The summed E-state index contributed by atoms with van der Waals surface area (Å²) in [6.45, 7) is 6.35. The molecule has 0 aromatic heterocycles. The van der Waals surface area contributed by atoms with E-state index in [1.807, 2.05) is 0 Å². The Morgan fingerprint density at radius 1 is 1.40 bits per heavy atom. The molecule has 2 nitrogen and oxygen atoms in total. The number of halogens is 3.